The summed E-state index contributed by atoms with van der Waals surface area (Å²) in [6.45, 7) is 0. The third-order valence-electron chi connectivity index (χ3n) is 2.18. The highest BCUT2D eigenvalue weighted by Crippen LogP contribution is 2.25. The topological polar surface area (TPSA) is 50.1 Å². The van der Waals surface area contributed by atoms with Gasteiger partial charge in [0.2, 0.25) is 0 Å². The van der Waals surface area contributed by atoms with Gasteiger partial charge in [-0.25, -0.2) is 0 Å². The van der Waals surface area contributed by atoms with Crippen LogP contribution in [0.25, 0.3) is 0 Å². The third-order valence-corrected chi connectivity index (χ3v) is 2.80. The molecular weight excluding hydrogens is 249 g/mol. The highest BCUT2D eigenvalue weighted by atomic mass is 35.5. The summed E-state index contributed by atoms with van der Waals surface area (Å²) in [7, 11) is 1.30. The quantitative estimate of drug-likeness (QED) is 0.618. The van der Waals surface area contributed by atoms with Crippen molar-refractivity contribution in [1.29, 1.82) is 5.26 Å². The number of carbonyl (C=O) groups excluding carboxylic acids is 1. The van der Waals surface area contributed by atoms with E-state index >= 15 is 0 Å². The zero-order valence-corrected chi connectivity index (χ0v) is 10.1. The average Bonchev–Trinajstić information content (AvgIpc) is 2.31. The number of nitrogens with zero attached hydrogens (tertiary/aromatic N) is 1. The standard InChI is InChI=1S/C11H9Cl2NO2/c1-16-11(15)4-8-9(5-12)7(6-14)2-3-10(8)13/h2-3H,4-5H2,1H3. The Labute approximate surface area is 104 Å². The van der Waals surface area contributed by atoms with Crippen LogP contribution in [-0.2, 0) is 21.8 Å². The fourth-order valence-electron chi connectivity index (χ4n) is 1.33. The molecule has 0 aliphatic heterocycles. The van der Waals surface area contributed by atoms with Crippen LogP contribution in [-0.4, -0.2) is 13.1 Å². The van der Waals surface area contributed by atoms with Gasteiger partial charge >= 0.3 is 5.97 Å². The lowest BCUT2D eigenvalue weighted by Crippen LogP contribution is -2.08. The van der Waals surface area contributed by atoms with Gasteiger partial charge in [-0.05, 0) is 23.3 Å². The molecule has 0 radical (unpaired) electrons. The normalized spacial score (nSPS) is 9.62. The first kappa shape index (κ1) is 12.8. The number of esters is 1. The van der Waals surface area contributed by atoms with E-state index in [4.69, 9.17) is 28.5 Å². The van der Waals surface area contributed by atoms with Gasteiger partial charge in [-0.1, -0.05) is 11.6 Å². The fraction of sp³-hybridized carbons (Fsp3) is 0.273. The fourth-order valence-corrected chi connectivity index (χ4v) is 1.88. The van der Waals surface area contributed by atoms with Crippen LogP contribution in [0.15, 0.2) is 12.1 Å². The summed E-state index contributed by atoms with van der Waals surface area (Å²) >= 11 is 11.7. The summed E-state index contributed by atoms with van der Waals surface area (Å²) in [5.74, 6) is -0.279. The van der Waals surface area contributed by atoms with Crippen LogP contribution in [0.5, 0.6) is 0 Å². The second-order valence-electron chi connectivity index (χ2n) is 3.05. The summed E-state index contributed by atoms with van der Waals surface area (Å²) < 4.78 is 4.56. The Hall–Kier alpha value is -1.24. The molecule has 0 N–H and O–H groups in total. The minimum atomic E-state index is -0.414. The van der Waals surface area contributed by atoms with E-state index in [0.717, 1.165) is 0 Å². The van der Waals surface area contributed by atoms with Crippen LogP contribution in [0.1, 0.15) is 16.7 Å². The summed E-state index contributed by atoms with van der Waals surface area (Å²) in [5, 5.41) is 9.31. The van der Waals surface area contributed by atoms with E-state index in [0.29, 0.717) is 21.7 Å². The molecule has 0 aromatic heterocycles. The maximum atomic E-state index is 11.2. The van der Waals surface area contributed by atoms with Crippen LogP contribution in [0.2, 0.25) is 5.02 Å². The molecule has 0 fully saturated rings. The summed E-state index contributed by atoms with van der Waals surface area (Å²) in [6, 6.07) is 5.17. The van der Waals surface area contributed by atoms with Gasteiger partial charge in [0.1, 0.15) is 0 Å². The molecule has 1 rings (SSSR count). The van der Waals surface area contributed by atoms with Gasteiger partial charge in [0.15, 0.2) is 0 Å². The van der Waals surface area contributed by atoms with Gasteiger partial charge in [-0.2, -0.15) is 5.26 Å². The monoisotopic (exact) mass is 257 g/mol. The molecule has 3 nitrogen and oxygen atoms in total. The molecule has 1 aromatic rings. The van der Waals surface area contributed by atoms with Gasteiger partial charge < -0.3 is 4.74 Å². The largest absolute Gasteiger partial charge is 0.469 e. The summed E-state index contributed by atoms with van der Waals surface area (Å²) in [4.78, 5) is 11.2. The van der Waals surface area contributed by atoms with Crippen molar-refractivity contribution in [2.45, 2.75) is 12.3 Å². The zero-order valence-electron chi connectivity index (χ0n) is 8.59. The van der Waals surface area contributed by atoms with E-state index in [9.17, 15) is 4.79 Å². The molecule has 0 amide bonds. The predicted molar refractivity (Wildman–Crippen MR) is 61.4 cm³/mol. The number of benzene rings is 1. The maximum absolute atomic E-state index is 11.2. The van der Waals surface area contributed by atoms with Crippen LogP contribution in [0, 0.1) is 11.3 Å². The molecular formula is C11H9Cl2NO2. The maximum Gasteiger partial charge on any atom is 0.310 e. The van der Waals surface area contributed by atoms with E-state index < -0.39 is 5.97 Å². The Kier molecular flexibility index (Phi) is 4.60. The first-order valence-electron chi connectivity index (χ1n) is 4.47. The molecule has 0 aliphatic rings. The molecule has 0 heterocycles. The van der Waals surface area contributed by atoms with Crippen molar-refractivity contribution in [2.75, 3.05) is 7.11 Å². The smallest absolute Gasteiger partial charge is 0.310 e. The molecule has 5 heteroatoms. The van der Waals surface area contributed by atoms with Crippen molar-refractivity contribution >= 4 is 29.2 Å². The minimum absolute atomic E-state index is 0.0207. The second-order valence-corrected chi connectivity index (χ2v) is 3.72. The Morgan fingerprint density at radius 3 is 2.69 bits per heavy atom. The number of hydrogen-bond acceptors (Lipinski definition) is 3. The SMILES string of the molecule is COC(=O)Cc1c(Cl)ccc(C#N)c1CCl. The summed E-state index contributed by atoms with van der Waals surface area (Å²) in [6.07, 6.45) is 0.0207. The number of ether oxygens (including phenoxy) is 1. The van der Waals surface area contributed by atoms with Gasteiger partial charge in [0.05, 0.1) is 25.2 Å². The van der Waals surface area contributed by atoms with Crippen molar-refractivity contribution < 1.29 is 9.53 Å². The van der Waals surface area contributed by atoms with Gasteiger partial charge in [0.25, 0.3) is 0 Å². The number of alkyl halides is 1. The first-order valence-corrected chi connectivity index (χ1v) is 5.38. The van der Waals surface area contributed by atoms with E-state index in [1.807, 2.05) is 6.07 Å². The van der Waals surface area contributed by atoms with Gasteiger partial charge in [-0.3, -0.25) is 4.79 Å². The molecule has 0 saturated carbocycles. The molecule has 1 aromatic carbocycles. The van der Waals surface area contributed by atoms with E-state index in [2.05, 4.69) is 4.74 Å². The van der Waals surface area contributed by atoms with Crippen molar-refractivity contribution in [2.24, 2.45) is 0 Å². The molecule has 84 valence electrons. The van der Waals surface area contributed by atoms with E-state index in [1.54, 1.807) is 12.1 Å². The molecule has 0 unspecified atom stereocenters. The number of nitriles is 1. The number of carbonyl (C=O) groups is 1. The number of methoxy groups -OCH3 is 1. The molecule has 0 spiro atoms. The summed E-state index contributed by atoms with van der Waals surface area (Å²) in [5.41, 5.74) is 1.57. The van der Waals surface area contributed by atoms with Crippen molar-refractivity contribution in [1.82, 2.24) is 0 Å². The highest BCUT2D eigenvalue weighted by Gasteiger charge is 2.15. The average molecular weight is 258 g/mol. The van der Waals surface area contributed by atoms with Crippen molar-refractivity contribution in [3.05, 3.63) is 33.8 Å². The number of halogens is 2. The zero-order chi connectivity index (χ0) is 12.1. The number of hydrogen-bond donors (Lipinski definition) is 0. The lowest BCUT2D eigenvalue weighted by Gasteiger charge is -2.09. The first-order chi connectivity index (χ1) is 7.63. The van der Waals surface area contributed by atoms with Gasteiger partial charge in [-0.15, -0.1) is 11.6 Å². The molecule has 0 bridgehead atoms. The minimum Gasteiger partial charge on any atom is -0.469 e. The highest BCUT2D eigenvalue weighted by molar-refractivity contribution is 6.31. The Bertz CT molecular complexity index is 452. The van der Waals surface area contributed by atoms with Crippen LogP contribution >= 0.6 is 23.2 Å². The molecule has 0 atom stereocenters. The van der Waals surface area contributed by atoms with Gasteiger partial charge in [0, 0.05) is 10.9 Å². The lowest BCUT2D eigenvalue weighted by atomic mass is 10.0. The Morgan fingerprint density at radius 1 is 1.50 bits per heavy atom. The third kappa shape index (κ3) is 2.66. The van der Waals surface area contributed by atoms with E-state index in [-0.39, 0.29) is 12.3 Å². The van der Waals surface area contributed by atoms with Crippen LogP contribution < -0.4 is 0 Å². The molecule has 0 aliphatic carbocycles. The number of rotatable bonds is 3. The van der Waals surface area contributed by atoms with Crippen molar-refractivity contribution in [3.8, 4) is 6.07 Å². The Morgan fingerprint density at radius 2 is 2.19 bits per heavy atom. The second kappa shape index (κ2) is 5.74. The van der Waals surface area contributed by atoms with E-state index in [1.165, 1.54) is 7.11 Å². The van der Waals surface area contributed by atoms with Crippen molar-refractivity contribution in [3.63, 3.8) is 0 Å². The molecule has 16 heavy (non-hydrogen) atoms. The molecule has 0 saturated heterocycles. The van der Waals surface area contributed by atoms with Crippen LogP contribution in [0.3, 0.4) is 0 Å². The van der Waals surface area contributed by atoms with Crippen LogP contribution in [0.4, 0.5) is 0 Å². The predicted octanol–water partition coefficient (Wildman–Crippen LogP) is 2.67. The Balaban J connectivity index is 3.24. The lowest BCUT2D eigenvalue weighted by molar-refractivity contribution is -0.139.